The Morgan fingerprint density at radius 2 is 1.68 bits per heavy atom. The molecule has 19 heavy (non-hydrogen) atoms. The fraction of sp³-hybridized carbons (Fsp3) is 0.412. The molecule has 1 aromatic carbocycles. The fourth-order valence-corrected chi connectivity index (χ4v) is 2.72. The average molecular weight is 257 g/mol. The summed E-state index contributed by atoms with van der Waals surface area (Å²) < 4.78 is 5.75. The molecule has 1 N–H and O–H groups in total. The number of benzene rings is 1. The highest BCUT2D eigenvalue weighted by atomic mass is 16.3. The molecule has 102 valence electrons. The summed E-state index contributed by atoms with van der Waals surface area (Å²) in [4.78, 5) is 0. The number of nitrogens with one attached hydrogen (secondary N) is 1. The molecule has 2 aromatic rings. The molecular weight excluding hydrogens is 234 g/mol. The minimum atomic E-state index is 0.230. The number of hydrogen-bond acceptors (Lipinski definition) is 2. The first-order chi connectivity index (χ1) is 9.01. The van der Waals surface area contributed by atoms with Crippen LogP contribution in [0.15, 0.2) is 28.7 Å². The first-order valence-corrected chi connectivity index (χ1v) is 6.81. The molecule has 0 spiro atoms. The monoisotopic (exact) mass is 257 g/mol. The first-order valence-electron chi connectivity index (χ1n) is 6.81. The third kappa shape index (κ3) is 3.07. The van der Waals surface area contributed by atoms with Gasteiger partial charge in [-0.1, -0.05) is 17.7 Å². The van der Waals surface area contributed by atoms with Gasteiger partial charge < -0.3 is 9.73 Å². The van der Waals surface area contributed by atoms with Gasteiger partial charge in [-0.05, 0) is 70.0 Å². The van der Waals surface area contributed by atoms with Gasteiger partial charge >= 0.3 is 0 Å². The van der Waals surface area contributed by atoms with Crippen molar-refractivity contribution in [3.8, 4) is 0 Å². The molecule has 1 atom stereocenters. The fourth-order valence-electron chi connectivity index (χ4n) is 2.72. The molecule has 1 heterocycles. The van der Waals surface area contributed by atoms with Gasteiger partial charge in [0.1, 0.15) is 11.5 Å². The van der Waals surface area contributed by atoms with Crippen LogP contribution in [0.4, 0.5) is 0 Å². The number of aryl methyl sites for hydroxylation is 4. The van der Waals surface area contributed by atoms with Crippen molar-refractivity contribution < 1.29 is 4.42 Å². The van der Waals surface area contributed by atoms with Crippen LogP contribution < -0.4 is 5.32 Å². The van der Waals surface area contributed by atoms with E-state index in [-0.39, 0.29) is 6.04 Å². The summed E-state index contributed by atoms with van der Waals surface area (Å²) in [6.07, 6.45) is 0.960. The van der Waals surface area contributed by atoms with Gasteiger partial charge in [0.25, 0.3) is 0 Å². The van der Waals surface area contributed by atoms with Crippen molar-refractivity contribution in [2.45, 2.75) is 40.2 Å². The van der Waals surface area contributed by atoms with Crippen LogP contribution in [-0.2, 0) is 6.42 Å². The van der Waals surface area contributed by atoms with Crippen LogP contribution in [0, 0.1) is 27.7 Å². The molecular formula is C17H23NO. The maximum atomic E-state index is 5.75. The van der Waals surface area contributed by atoms with Gasteiger partial charge in [-0.3, -0.25) is 0 Å². The van der Waals surface area contributed by atoms with Crippen molar-refractivity contribution in [1.29, 1.82) is 0 Å². The predicted octanol–water partition coefficient (Wildman–Crippen LogP) is 4.02. The van der Waals surface area contributed by atoms with E-state index in [0.717, 1.165) is 17.9 Å². The van der Waals surface area contributed by atoms with E-state index in [4.69, 9.17) is 4.42 Å². The Morgan fingerprint density at radius 1 is 1.05 bits per heavy atom. The minimum Gasteiger partial charge on any atom is -0.465 e. The number of likely N-dealkylation sites (N-methyl/N-ethyl adjacent to an activating group) is 1. The average Bonchev–Trinajstić information content (AvgIpc) is 2.75. The van der Waals surface area contributed by atoms with Crippen molar-refractivity contribution >= 4 is 0 Å². The van der Waals surface area contributed by atoms with Crippen LogP contribution in [0.1, 0.15) is 39.8 Å². The minimum absolute atomic E-state index is 0.230. The van der Waals surface area contributed by atoms with E-state index < -0.39 is 0 Å². The molecule has 0 amide bonds. The van der Waals surface area contributed by atoms with E-state index in [0.29, 0.717) is 0 Å². The summed E-state index contributed by atoms with van der Waals surface area (Å²) in [6.45, 7) is 8.51. The summed E-state index contributed by atoms with van der Waals surface area (Å²) in [5.41, 5.74) is 5.47. The number of hydrogen-bond donors (Lipinski definition) is 1. The summed E-state index contributed by atoms with van der Waals surface area (Å²) in [7, 11) is 1.99. The normalized spacial score (nSPS) is 12.7. The molecule has 0 aliphatic heterocycles. The Hall–Kier alpha value is -1.54. The third-order valence-corrected chi connectivity index (χ3v) is 3.70. The first kappa shape index (κ1) is 13.9. The zero-order valence-electron chi connectivity index (χ0n) is 12.5. The molecule has 0 saturated carbocycles. The van der Waals surface area contributed by atoms with Gasteiger partial charge in [-0.25, -0.2) is 0 Å². The van der Waals surface area contributed by atoms with E-state index in [1.54, 1.807) is 0 Å². The SMILES string of the molecule is CNC(Cc1c(C)cc(C)cc1C)c1ccc(C)o1. The van der Waals surface area contributed by atoms with Crippen LogP contribution in [0.5, 0.6) is 0 Å². The third-order valence-electron chi connectivity index (χ3n) is 3.70. The Balaban J connectivity index is 2.28. The van der Waals surface area contributed by atoms with Gasteiger partial charge in [-0.2, -0.15) is 0 Å². The molecule has 0 aliphatic carbocycles. The molecule has 0 radical (unpaired) electrons. The molecule has 0 saturated heterocycles. The summed E-state index contributed by atoms with van der Waals surface area (Å²) in [6, 6.07) is 8.82. The van der Waals surface area contributed by atoms with E-state index in [2.05, 4.69) is 44.3 Å². The molecule has 0 fully saturated rings. The Labute approximate surface area is 115 Å². The highest BCUT2D eigenvalue weighted by Crippen LogP contribution is 2.25. The second-order valence-corrected chi connectivity index (χ2v) is 5.37. The van der Waals surface area contributed by atoms with Crippen LogP contribution in [0.25, 0.3) is 0 Å². The van der Waals surface area contributed by atoms with E-state index in [1.165, 1.54) is 22.3 Å². The van der Waals surface area contributed by atoms with Crippen molar-refractivity contribution in [3.05, 3.63) is 58.0 Å². The van der Waals surface area contributed by atoms with Crippen LogP contribution in [0.3, 0.4) is 0 Å². The largest absolute Gasteiger partial charge is 0.465 e. The highest BCUT2D eigenvalue weighted by Gasteiger charge is 2.16. The smallest absolute Gasteiger partial charge is 0.121 e. The second kappa shape index (κ2) is 5.62. The van der Waals surface area contributed by atoms with Gasteiger partial charge in [0.05, 0.1) is 6.04 Å². The highest BCUT2D eigenvalue weighted by molar-refractivity contribution is 5.38. The van der Waals surface area contributed by atoms with Crippen LogP contribution in [0.2, 0.25) is 0 Å². The zero-order chi connectivity index (χ0) is 14.0. The van der Waals surface area contributed by atoms with Crippen molar-refractivity contribution in [2.24, 2.45) is 0 Å². The lowest BCUT2D eigenvalue weighted by Crippen LogP contribution is -2.19. The zero-order valence-corrected chi connectivity index (χ0v) is 12.5. The van der Waals surface area contributed by atoms with Gasteiger partial charge in [0, 0.05) is 0 Å². The molecule has 1 aromatic heterocycles. The molecule has 0 bridgehead atoms. The van der Waals surface area contributed by atoms with Crippen LogP contribution in [-0.4, -0.2) is 7.05 Å². The Kier molecular flexibility index (Phi) is 4.11. The maximum absolute atomic E-state index is 5.75. The topological polar surface area (TPSA) is 25.2 Å². The quantitative estimate of drug-likeness (QED) is 0.895. The van der Waals surface area contributed by atoms with Gasteiger partial charge in [0.15, 0.2) is 0 Å². The van der Waals surface area contributed by atoms with E-state index >= 15 is 0 Å². The lowest BCUT2D eigenvalue weighted by Gasteiger charge is -2.18. The molecule has 2 rings (SSSR count). The van der Waals surface area contributed by atoms with Crippen LogP contribution >= 0.6 is 0 Å². The Morgan fingerprint density at radius 3 is 2.16 bits per heavy atom. The molecule has 1 unspecified atom stereocenters. The van der Waals surface area contributed by atoms with Crippen molar-refractivity contribution in [3.63, 3.8) is 0 Å². The lowest BCUT2D eigenvalue weighted by atomic mass is 9.94. The predicted molar refractivity (Wildman–Crippen MR) is 79.6 cm³/mol. The Bertz CT molecular complexity index is 545. The molecule has 0 aliphatic rings. The molecule has 2 nitrogen and oxygen atoms in total. The summed E-state index contributed by atoms with van der Waals surface area (Å²) >= 11 is 0. The number of furan rings is 1. The van der Waals surface area contributed by atoms with Crippen molar-refractivity contribution in [1.82, 2.24) is 5.32 Å². The number of rotatable bonds is 4. The van der Waals surface area contributed by atoms with E-state index in [1.807, 2.05) is 20.0 Å². The van der Waals surface area contributed by atoms with Crippen molar-refractivity contribution in [2.75, 3.05) is 7.05 Å². The lowest BCUT2D eigenvalue weighted by molar-refractivity contribution is 0.414. The maximum Gasteiger partial charge on any atom is 0.121 e. The molecule has 2 heteroatoms. The summed E-state index contributed by atoms with van der Waals surface area (Å²) in [5, 5.41) is 3.36. The second-order valence-electron chi connectivity index (χ2n) is 5.37. The van der Waals surface area contributed by atoms with Gasteiger partial charge in [0.2, 0.25) is 0 Å². The summed E-state index contributed by atoms with van der Waals surface area (Å²) in [5.74, 6) is 1.98. The van der Waals surface area contributed by atoms with E-state index in [9.17, 15) is 0 Å². The van der Waals surface area contributed by atoms with Gasteiger partial charge in [-0.15, -0.1) is 0 Å². The standard InChI is InChI=1S/C17H23NO/c1-11-8-12(2)15(13(3)9-11)10-16(18-5)17-7-6-14(4)19-17/h6-9,16,18H,10H2,1-5H3.